The van der Waals surface area contributed by atoms with Gasteiger partial charge in [0.1, 0.15) is 6.10 Å². The first kappa shape index (κ1) is 15.9. The Labute approximate surface area is 145 Å². The molecule has 0 amide bonds. The van der Waals surface area contributed by atoms with Crippen LogP contribution in [0, 0.1) is 13.8 Å². The lowest BCUT2D eigenvalue weighted by Gasteiger charge is -2.53. The van der Waals surface area contributed by atoms with E-state index < -0.39 is 0 Å². The third-order valence-electron chi connectivity index (χ3n) is 4.70. The Kier molecular flexibility index (Phi) is 4.24. The maximum absolute atomic E-state index is 6.10. The summed E-state index contributed by atoms with van der Waals surface area (Å²) in [6.45, 7) is 7.64. The van der Waals surface area contributed by atoms with Crippen LogP contribution >= 0.6 is 11.3 Å². The SMILES string of the molecule is Cc1cncc(O[C@H]2CCOC3(C2)CN(Cc2scnc2C)C3)n1. The van der Waals surface area contributed by atoms with E-state index >= 15 is 0 Å². The molecule has 2 aromatic heterocycles. The summed E-state index contributed by atoms with van der Waals surface area (Å²) < 4.78 is 12.2. The first-order valence-electron chi connectivity index (χ1n) is 8.32. The normalized spacial score (nSPS) is 23.2. The third-order valence-corrected chi connectivity index (χ3v) is 5.62. The van der Waals surface area contributed by atoms with Crippen LogP contribution in [0.1, 0.15) is 29.1 Å². The highest BCUT2D eigenvalue weighted by Crippen LogP contribution is 2.36. The summed E-state index contributed by atoms with van der Waals surface area (Å²) in [7, 11) is 0. The van der Waals surface area contributed by atoms with Crippen LogP contribution in [0.3, 0.4) is 0 Å². The fourth-order valence-electron chi connectivity index (χ4n) is 3.53. The van der Waals surface area contributed by atoms with Crippen molar-refractivity contribution in [3.63, 3.8) is 0 Å². The molecule has 4 heterocycles. The molecule has 0 bridgehead atoms. The van der Waals surface area contributed by atoms with Gasteiger partial charge in [0, 0.05) is 43.5 Å². The van der Waals surface area contributed by atoms with E-state index in [2.05, 4.69) is 26.8 Å². The lowest BCUT2D eigenvalue weighted by atomic mass is 9.84. The molecule has 7 heteroatoms. The molecular weight excluding hydrogens is 324 g/mol. The molecule has 0 aromatic carbocycles. The van der Waals surface area contributed by atoms with Crippen molar-refractivity contribution in [2.24, 2.45) is 0 Å². The Balaban J connectivity index is 1.33. The number of thiazole rings is 1. The minimum absolute atomic E-state index is 0.0568. The van der Waals surface area contributed by atoms with Crippen molar-refractivity contribution in [1.29, 1.82) is 0 Å². The molecule has 2 aliphatic heterocycles. The summed E-state index contributed by atoms with van der Waals surface area (Å²) in [4.78, 5) is 16.6. The van der Waals surface area contributed by atoms with Crippen LogP contribution in [-0.4, -0.2) is 51.3 Å². The first-order chi connectivity index (χ1) is 11.6. The first-order valence-corrected chi connectivity index (χ1v) is 9.20. The van der Waals surface area contributed by atoms with Gasteiger partial charge in [-0.1, -0.05) is 0 Å². The maximum Gasteiger partial charge on any atom is 0.232 e. The standard InChI is InChI=1S/C17H22N4O2S/c1-12-6-18-7-16(20-12)23-14-3-4-22-17(5-14)9-21(10-17)8-15-13(2)19-11-24-15/h6-7,11,14H,3-5,8-10H2,1-2H3/t14-/m0/s1. The molecular formula is C17H22N4O2S. The van der Waals surface area contributed by atoms with E-state index in [-0.39, 0.29) is 11.7 Å². The Morgan fingerprint density at radius 2 is 2.25 bits per heavy atom. The monoisotopic (exact) mass is 346 g/mol. The van der Waals surface area contributed by atoms with Gasteiger partial charge in [-0.15, -0.1) is 11.3 Å². The fourth-order valence-corrected chi connectivity index (χ4v) is 4.35. The van der Waals surface area contributed by atoms with Crippen LogP contribution in [0.4, 0.5) is 0 Å². The van der Waals surface area contributed by atoms with E-state index in [0.717, 1.165) is 50.5 Å². The highest BCUT2D eigenvalue weighted by atomic mass is 32.1. The fraction of sp³-hybridized carbons (Fsp3) is 0.588. The molecule has 4 rings (SSSR count). The predicted octanol–water partition coefficient (Wildman–Crippen LogP) is 2.36. The van der Waals surface area contributed by atoms with Crippen molar-refractivity contribution in [2.75, 3.05) is 19.7 Å². The van der Waals surface area contributed by atoms with Crippen molar-refractivity contribution >= 4 is 11.3 Å². The number of nitrogens with zero attached hydrogens (tertiary/aromatic N) is 4. The topological polar surface area (TPSA) is 60.4 Å². The number of aryl methyl sites for hydroxylation is 2. The second-order valence-electron chi connectivity index (χ2n) is 6.77. The zero-order valence-electron chi connectivity index (χ0n) is 14.1. The van der Waals surface area contributed by atoms with Crippen LogP contribution in [0.25, 0.3) is 0 Å². The summed E-state index contributed by atoms with van der Waals surface area (Å²) in [5.74, 6) is 0.619. The lowest BCUT2D eigenvalue weighted by molar-refractivity contribution is -0.188. The second-order valence-corrected chi connectivity index (χ2v) is 7.71. The largest absolute Gasteiger partial charge is 0.473 e. The van der Waals surface area contributed by atoms with Gasteiger partial charge in [0.25, 0.3) is 0 Å². The minimum atomic E-state index is -0.0568. The van der Waals surface area contributed by atoms with Crippen LogP contribution in [0.2, 0.25) is 0 Å². The molecule has 0 saturated carbocycles. The summed E-state index contributed by atoms with van der Waals surface area (Å²) in [5.41, 5.74) is 3.89. The van der Waals surface area contributed by atoms with Crippen molar-refractivity contribution < 1.29 is 9.47 Å². The van der Waals surface area contributed by atoms with Crippen molar-refractivity contribution in [3.8, 4) is 5.88 Å². The van der Waals surface area contributed by atoms with Gasteiger partial charge < -0.3 is 9.47 Å². The Morgan fingerprint density at radius 3 is 3.00 bits per heavy atom. The number of ether oxygens (including phenoxy) is 2. The summed E-state index contributed by atoms with van der Waals surface area (Å²) in [5, 5.41) is 0. The smallest absolute Gasteiger partial charge is 0.232 e. The average Bonchev–Trinajstić information content (AvgIpc) is 2.91. The molecule has 6 nitrogen and oxygen atoms in total. The van der Waals surface area contributed by atoms with Gasteiger partial charge in [0.2, 0.25) is 5.88 Å². The molecule has 0 unspecified atom stereocenters. The zero-order valence-corrected chi connectivity index (χ0v) is 14.9. The van der Waals surface area contributed by atoms with Crippen LogP contribution in [0.15, 0.2) is 17.9 Å². The van der Waals surface area contributed by atoms with Crippen molar-refractivity contribution in [2.45, 2.75) is 44.9 Å². The van der Waals surface area contributed by atoms with Crippen LogP contribution in [-0.2, 0) is 11.3 Å². The molecule has 0 N–H and O–H groups in total. The van der Waals surface area contributed by atoms with Crippen molar-refractivity contribution in [1.82, 2.24) is 19.9 Å². The van der Waals surface area contributed by atoms with E-state index in [1.165, 1.54) is 4.88 Å². The van der Waals surface area contributed by atoms with Crippen LogP contribution < -0.4 is 4.74 Å². The quantitative estimate of drug-likeness (QED) is 0.847. The second kappa shape index (κ2) is 6.38. The Bertz CT molecular complexity index is 714. The van der Waals surface area contributed by atoms with E-state index in [9.17, 15) is 0 Å². The number of rotatable bonds is 4. The third kappa shape index (κ3) is 3.29. The number of hydrogen-bond donors (Lipinski definition) is 0. The highest BCUT2D eigenvalue weighted by Gasteiger charge is 2.48. The summed E-state index contributed by atoms with van der Waals surface area (Å²) in [6, 6.07) is 0. The number of hydrogen-bond acceptors (Lipinski definition) is 7. The zero-order chi connectivity index (χ0) is 16.6. The average molecular weight is 346 g/mol. The molecule has 2 saturated heterocycles. The molecule has 2 fully saturated rings. The molecule has 24 heavy (non-hydrogen) atoms. The van der Waals surface area contributed by atoms with E-state index in [1.807, 2.05) is 12.4 Å². The van der Waals surface area contributed by atoms with Gasteiger partial charge in [-0.25, -0.2) is 9.97 Å². The van der Waals surface area contributed by atoms with Crippen molar-refractivity contribution in [3.05, 3.63) is 34.2 Å². The van der Waals surface area contributed by atoms with Gasteiger partial charge in [-0.3, -0.25) is 9.88 Å². The number of aromatic nitrogens is 3. The molecule has 0 aliphatic carbocycles. The summed E-state index contributed by atoms with van der Waals surface area (Å²) >= 11 is 1.73. The molecule has 2 aliphatic rings. The van der Waals surface area contributed by atoms with Gasteiger partial charge in [-0.05, 0) is 13.8 Å². The van der Waals surface area contributed by atoms with E-state index in [1.54, 1.807) is 23.7 Å². The molecule has 1 atom stereocenters. The van der Waals surface area contributed by atoms with Gasteiger partial charge in [0.15, 0.2) is 0 Å². The molecule has 1 spiro atoms. The van der Waals surface area contributed by atoms with E-state index in [0.29, 0.717) is 5.88 Å². The summed E-state index contributed by atoms with van der Waals surface area (Å²) in [6.07, 6.45) is 5.41. The van der Waals surface area contributed by atoms with Crippen LogP contribution in [0.5, 0.6) is 5.88 Å². The van der Waals surface area contributed by atoms with E-state index in [4.69, 9.17) is 9.47 Å². The molecule has 128 valence electrons. The maximum atomic E-state index is 6.10. The molecule has 0 radical (unpaired) electrons. The minimum Gasteiger partial charge on any atom is -0.473 e. The Morgan fingerprint density at radius 1 is 1.38 bits per heavy atom. The van der Waals surface area contributed by atoms with Gasteiger partial charge in [-0.2, -0.15) is 0 Å². The lowest BCUT2D eigenvalue weighted by Crippen LogP contribution is -2.65. The van der Waals surface area contributed by atoms with Gasteiger partial charge >= 0.3 is 0 Å². The Hall–Kier alpha value is -1.57. The number of likely N-dealkylation sites (tertiary alicyclic amines) is 1. The molecule has 2 aromatic rings. The van der Waals surface area contributed by atoms with Gasteiger partial charge in [0.05, 0.1) is 35.3 Å². The predicted molar refractivity (Wildman–Crippen MR) is 91.2 cm³/mol. The highest BCUT2D eigenvalue weighted by molar-refractivity contribution is 7.09.